The Bertz CT molecular complexity index is 512. The van der Waals surface area contributed by atoms with E-state index in [1.54, 1.807) is 12.4 Å². The third-order valence-electron chi connectivity index (χ3n) is 3.31. The molecule has 2 rings (SSSR count). The van der Waals surface area contributed by atoms with Gasteiger partial charge < -0.3 is 5.73 Å². The standard InChI is InChI=1S/C16H21N3/c1-16(2,3)13-7-5-12(6-8-13)14(11-17)15-18-9-4-10-19-15/h4-10,14H,11,17H2,1-3H3. The van der Waals surface area contributed by atoms with Crippen LogP contribution >= 0.6 is 0 Å². The molecule has 19 heavy (non-hydrogen) atoms. The Labute approximate surface area is 114 Å². The summed E-state index contributed by atoms with van der Waals surface area (Å²) in [6, 6.07) is 10.4. The topological polar surface area (TPSA) is 51.8 Å². The first-order valence-electron chi connectivity index (χ1n) is 6.60. The first-order chi connectivity index (χ1) is 9.02. The predicted octanol–water partition coefficient (Wildman–Crippen LogP) is 2.86. The smallest absolute Gasteiger partial charge is 0.136 e. The zero-order chi connectivity index (χ0) is 13.9. The van der Waals surface area contributed by atoms with E-state index in [1.807, 2.05) is 6.07 Å². The van der Waals surface area contributed by atoms with Gasteiger partial charge >= 0.3 is 0 Å². The monoisotopic (exact) mass is 255 g/mol. The van der Waals surface area contributed by atoms with Crippen LogP contribution in [0.3, 0.4) is 0 Å². The van der Waals surface area contributed by atoms with E-state index in [-0.39, 0.29) is 11.3 Å². The van der Waals surface area contributed by atoms with E-state index in [0.717, 1.165) is 5.82 Å². The van der Waals surface area contributed by atoms with Crippen LogP contribution in [0.2, 0.25) is 0 Å². The zero-order valence-corrected chi connectivity index (χ0v) is 11.8. The predicted molar refractivity (Wildman–Crippen MR) is 78.1 cm³/mol. The molecule has 0 saturated heterocycles. The molecule has 1 aromatic heterocycles. The first kappa shape index (κ1) is 13.7. The van der Waals surface area contributed by atoms with Crippen molar-refractivity contribution in [3.05, 3.63) is 59.7 Å². The van der Waals surface area contributed by atoms with Gasteiger partial charge in [-0.2, -0.15) is 0 Å². The molecular formula is C16H21N3. The Morgan fingerprint density at radius 2 is 1.63 bits per heavy atom. The van der Waals surface area contributed by atoms with Crippen LogP contribution in [0.5, 0.6) is 0 Å². The Balaban J connectivity index is 2.30. The number of aromatic nitrogens is 2. The van der Waals surface area contributed by atoms with Gasteiger partial charge in [-0.25, -0.2) is 9.97 Å². The lowest BCUT2D eigenvalue weighted by Crippen LogP contribution is -2.17. The SMILES string of the molecule is CC(C)(C)c1ccc(C(CN)c2ncccn2)cc1. The number of hydrogen-bond donors (Lipinski definition) is 1. The molecule has 0 saturated carbocycles. The molecule has 0 spiro atoms. The van der Waals surface area contributed by atoms with Gasteiger partial charge in [-0.3, -0.25) is 0 Å². The second-order valence-electron chi connectivity index (χ2n) is 5.77. The third kappa shape index (κ3) is 3.18. The largest absolute Gasteiger partial charge is 0.329 e. The van der Waals surface area contributed by atoms with Gasteiger partial charge in [0.2, 0.25) is 0 Å². The highest BCUT2D eigenvalue weighted by molar-refractivity contribution is 5.32. The summed E-state index contributed by atoms with van der Waals surface area (Å²) in [7, 11) is 0. The summed E-state index contributed by atoms with van der Waals surface area (Å²) >= 11 is 0. The van der Waals surface area contributed by atoms with Crippen LogP contribution in [0.1, 0.15) is 43.6 Å². The van der Waals surface area contributed by atoms with Gasteiger partial charge in [0.05, 0.1) is 5.92 Å². The van der Waals surface area contributed by atoms with Gasteiger partial charge in [0.25, 0.3) is 0 Å². The highest BCUT2D eigenvalue weighted by Crippen LogP contribution is 2.26. The van der Waals surface area contributed by atoms with E-state index >= 15 is 0 Å². The fourth-order valence-electron chi connectivity index (χ4n) is 2.10. The van der Waals surface area contributed by atoms with Crippen molar-refractivity contribution in [2.24, 2.45) is 5.73 Å². The molecule has 1 heterocycles. The molecule has 1 unspecified atom stereocenters. The summed E-state index contributed by atoms with van der Waals surface area (Å²) in [6.07, 6.45) is 3.52. The number of rotatable bonds is 3. The zero-order valence-electron chi connectivity index (χ0n) is 11.8. The van der Waals surface area contributed by atoms with Crippen LogP contribution in [-0.2, 0) is 5.41 Å². The second-order valence-corrected chi connectivity index (χ2v) is 5.77. The summed E-state index contributed by atoms with van der Waals surface area (Å²) in [5.74, 6) is 0.851. The van der Waals surface area contributed by atoms with E-state index in [4.69, 9.17) is 5.73 Å². The lowest BCUT2D eigenvalue weighted by molar-refractivity contribution is 0.589. The van der Waals surface area contributed by atoms with Gasteiger partial charge in [0.1, 0.15) is 5.82 Å². The minimum atomic E-state index is 0.0650. The molecule has 0 bridgehead atoms. The van der Waals surface area contributed by atoms with Crippen LogP contribution in [0.25, 0.3) is 0 Å². The molecule has 0 radical (unpaired) electrons. The Hall–Kier alpha value is -1.74. The van der Waals surface area contributed by atoms with Gasteiger partial charge in [-0.05, 0) is 22.6 Å². The Kier molecular flexibility index (Phi) is 3.96. The van der Waals surface area contributed by atoms with Crippen molar-refractivity contribution >= 4 is 0 Å². The molecule has 3 heteroatoms. The summed E-state index contributed by atoms with van der Waals surface area (Å²) < 4.78 is 0. The van der Waals surface area contributed by atoms with Gasteiger partial charge in [-0.15, -0.1) is 0 Å². The maximum Gasteiger partial charge on any atom is 0.136 e. The van der Waals surface area contributed by atoms with Crippen LogP contribution in [-0.4, -0.2) is 16.5 Å². The minimum Gasteiger partial charge on any atom is -0.329 e. The Morgan fingerprint density at radius 1 is 1.05 bits per heavy atom. The van der Waals surface area contributed by atoms with E-state index in [9.17, 15) is 0 Å². The van der Waals surface area contributed by atoms with E-state index < -0.39 is 0 Å². The lowest BCUT2D eigenvalue weighted by Gasteiger charge is -2.20. The fraction of sp³-hybridized carbons (Fsp3) is 0.375. The molecular weight excluding hydrogens is 234 g/mol. The van der Waals surface area contributed by atoms with E-state index in [0.29, 0.717) is 6.54 Å². The van der Waals surface area contributed by atoms with Gasteiger partial charge in [0.15, 0.2) is 0 Å². The molecule has 3 nitrogen and oxygen atoms in total. The molecule has 2 aromatic rings. The van der Waals surface area contributed by atoms with Crippen LogP contribution in [0.4, 0.5) is 0 Å². The second kappa shape index (κ2) is 5.49. The molecule has 2 N–H and O–H groups in total. The van der Waals surface area contributed by atoms with Gasteiger partial charge in [-0.1, -0.05) is 45.0 Å². The fourth-order valence-corrected chi connectivity index (χ4v) is 2.10. The average Bonchev–Trinajstić information content (AvgIpc) is 2.40. The number of nitrogens with two attached hydrogens (primary N) is 1. The van der Waals surface area contributed by atoms with Crippen LogP contribution in [0.15, 0.2) is 42.7 Å². The van der Waals surface area contributed by atoms with Crippen molar-refractivity contribution < 1.29 is 0 Å². The highest BCUT2D eigenvalue weighted by Gasteiger charge is 2.17. The van der Waals surface area contributed by atoms with Crippen molar-refractivity contribution in [2.75, 3.05) is 6.54 Å². The molecule has 0 aliphatic carbocycles. The van der Waals surface area contributed by atoms with Crippen LogP contribution in [0, 0.1) is 0 Å². The number of benzene rings is 1. The molecule has 100 valence electrons. The maximum absolute atomic E-state index is 5.88. The van der Waals surface area contributed by atoms with Crippen molar-refractivity contribution in [1.82, 2.24) is 9.97 Å². The van der Waals surface area contributed by atoms with Crippen molar-refractivity contribution in [3.8, 4) is 0 Å². The van der Waals surface area contributed by atoms with Crippen LogP contribution < -0.4 is 5.73 Å². The van der Waals surface area contributed by atoms with Gasteiger partial charge in [0, 0.05) is 18.9 Å². The molecule has 0 aliphatic rings. The molecule has 0 aliphatic heterocycles. The number of nitrogens with zero attached hydrogens (tertiary/aromatic N) is 2. The summed E-state index contributed by atoms with van der Waals surface area (Å²) in [5, 5.41) is 0. The lowest BCUT2D eigenvalue weighted by atomic mass is 9.85. The van der Waals surface area contributed by atoms with E-state index in [1.165, 1.54) is 11.1 Å². The molecule has 1 atom stereocenters. The highest BCUT2D eigenvalue weighted by atomic mass is 14.9. The minimum absolute atomic E-state index is 0.0650. The van der Waals surface area contributed by atoms with E-state index in [2.05, 4.69) is 55.0 Å². The normalized spacial score (nSPS) is 13.3. The molecule has 0 fully saturated rings. The average molecular weight is 255 g/mol. The molecule has 0 amide bonds. The quantitative estimate of drug-likeness (QED) is 0.917. The summed E-state index contributed by atoms with van der Waals surface area (Å²) in [4.78, 5) is 8.61. The van der Waals surface area contributed by atoms with Crippen molar-refractivity contribution in [2.45, 2.75) is 32.1 Å². The summed E-state index contributed by atoms with van der Waals surface area (Å²) in [6.45, 7) is 7.15. The first-order valence-corrected chi connectivity index (χ1v) is 6.60. The molecule has 1 aromatic carbocycles. The van der Waals surface area contributed by atoms with Crippen molar-refractivity contribution in [1.29, 1.82) is 0 Å². The summed E-state index contributed by atoms with van der Waals surface area (Å²) in [5.41, 5.74) is 8.54. The number of hydrogen-bond acceptors (Lipinski definition) is 3. The maximum atomic E-state index is 5.88. The van der Waals surface area contributed by atoms with Crippen molar-refractivity contribution in [3.63, 3.8) is 0 Å². The third-order valence-corrected chi connectivity index (χ3v) is 3.31. The Morgan fingerprint density at radius 3 is 2.11 bits per heavy atom.